The van der Waals surface area contributed by atoms with Gasteiger partial charge in [0.2, 0.25) is 11.0 Å². The fraction of sp³-hybridized carbons (Fsp3) is 0.0526. The first-order valence-electron chi connectivity index (χ1n) is 7.95. The summed E-state index contributed by atoms with van der Waals surface area (Å²) in [4.78, 5) is 17.6. The topological polar surface area (TPSA) is 67.8 Å². The zero-order valence-electron chi connectivity index (χ0n) is 13.6. The normalized spacial score (nSPS) is 10.8. The van der Waals surface area contributed by atoms with Crippen LogP contribution in [-0.2, 0) is 4.79 Å². The highest BCUT2D eigenvalue weighted by Crippen LogP contribution is 2.28. The van der Waals surface area contributed by atoms with Gasteiger partial charge in [-0.25, -0.2) is 0 Å². The Morgan fingerprint density at radius 1 is 1.00 bits per heavy atom. The lowest BCUT2D eigenvalue weighted by atomic mass is 10.2. The largest absolute Gasteiger partial charge is 0.300 e. The number of hydrogen-bond donors (Lipinski definition) is 1. The third-order valence-corrected chi connectivity index (χ3v) is 5.58. The van der Waals surface area contributed by atoms with Crippen molar-refractivity contribution in [2.24, 2.45) is 0 Å². The van der Waals surface area contributed by atoms with Crippen LogP contribution in [0.2, 0.25) is 0 Å². The van der Waals surface area contributed by atoms with Crippen LogP contribution in [0, 0.1) is 0 Å². The van der Waals surface area contributed by atoms with Gasteiger partial charge in [-0.15, -0.1) is 22.0 Å². The molecule has 0 aliphatic rings. The lowest BCUT2D eigenvalue weighted by molar-refractivity contribution is -0.113. The maximum atomic E-state index is 12.3. The molecule has 7 heteroatoms. The van der Waals surface area contributed by atoms with Crippen LogP contribution in [0.3, 0.4) is 0 Å². The number of fused-ring (bicyclic) bond motifs is 1. The van der Waals surface area contributed by atoms with E-state index < -0.39 is 0 Å². The van der Waals surface area contributed by atoms with Crippen molar-refractivity contribution >= 4 is 45.0 Å². The monoisotopic (exact) mass is 378 g/mol. The van der Waals surface area contributed by atoms with Crippen LogP contribution >= 0.6 is 23.1 Å². The fourth-order valence-corrected chi connectivity index (χ4v) is 4.07. The number of carbonyl (C=O) groups is 1. The average molecular weight is 378 g/mol. The van der Waals surface area contributed by atoms with Gasteiger partial charge >= 0.3 is 0 Å². The molecule has 0 bridgehead atoms. The highest BCUT2D eigenvalue weighted by Gasteiger charge is 2.11. The number of pyridine rings is 1. The van der Waals surface area contributed by atoms with Crippen molar-refractivity contribution in [3.05, 3.63) is 66.9 Å². The standard InChI is InChI=1S/C19H14N4OS2/c24-16(12-25-15-10-4-8-13-9-5-11-20-17(13)15)21-19-23-22-18(26-19)14-6-2-1-3-7-14/h1-11H,12H2,(H,21,23,24). The van der Waals surface area contributed by atoms with Crippen molar-refractivity contribution in [3.63, 3.8) is 0 Å². The minimum atomic E-state index is -0.112. The second kappa shape index (κ2) is 7.63. The Kier molecular flexibility index (Phi) is 4.90. The number of amides is 1. The van der Waals surface area contributed by atoms with Crippen LogP contribution in [0.15, 0.2) is 71.8 Å². The summed E-state index contributed by atoms with van der Waals surface area (Å²) >= 11 is 2.83. The molecule has 2 aromatic carbocycles. The van der Waals surface area contributed by atoms with Gasteiger partial charge in [0.1, 0.15) is 5.01 Å². The fourth-order valence-electron chi connectivity index (χ4n) is 2.46. The number of nitrogens with one attached hydrogen (secondary N) is 1. The van der Waals surface area contributed by atoms with Crippen LogP contribution < -0.4 is 5.32 Å². The maximum absolute atomic E-state index is 12.3. The van der Waals surface area contributed by atoms with E-state index in [2.05, 4.69) is 20.5 Å². The number of rotatable bonds is 5. The van der Waals surface area contributed by atoms with Gasteiger partial charge in [-0.05, 0) is 12.1 Å². The molecule has 5 nitrogen and oxygen atoms in total. The van der Waals surface area contributed by atoms with Gasteiger partial charge in [0, 0.05) is 22.0 Å². The van der Waals surface area contributed by atoms with E-state index >= 15 is 0 Å². The summed E-state index contributed by atoms with van der Waals surface area (Å²) in [7, 11) is 0. The highest BCUT2D eigenvalue weighted by molar-refractivity contribution is 8.00. The first-order chi connectivity index (χ1) is 12.8. The van der Waals surface area contributed by atoms with Crippen LogP contribution in [0.1, 0.15) is 0 Å². The maximum Gasteiger partial charge on any atom is 0.236 e. The molecule has 0 fully saturated rings. The highest BCUT2D eigenvalue weighted by atomic mass is 32.2. The second-order valence-corrected chi connectivity index (χ2v) is 7.44. The molecule has 0 aliphatic heterocycles. The molecule has 2 heterocycles. The smallest absolute Gasteiger partial charge is 0.236 e. The van der Waals surface area contributed by atoms with E-state index in [1.54, 1.807) is 6.20 Å². The molecule has 26 heavy (non-hydrogen) atoms. The Morgan fingerprint density at radius 3 is 2.73 bits per heavy atom. The lowest BCUT2D eigenvalue weighted by Gasteiger charge is -2.05. The van der Waals surface area contributed by atoms with E-state index in [1.807, 2.05) is 60.7 Å². The number of nitrogens with zero attached hydrogens (tertiary/aromatic N) is 3. The number of benzene rings is 2. The summed E-state index contributed by atoms with van der Waals surface area (Å²) in [6.45, 7) is 0. The zero-order valence-corrected chi connectivity index (χ0v) is 15.3. The third-order valence-electron chi connectivity index (χ3n) is 3.65. The summed E-state index contributed by atoms with van der Waals surface area (Å²) in [6.07, 6.45) is 1.76. The molecule has 0 radical (unpaired) electrons. The number of hydrogen-bond acceptors (Lipinski definition) is 6. The Hall–Kier alpha value is -2.77. The van der Waals surface area contributed by atoms with Crippen molar-refractivity contribution in [2.45, 2.75) is 4.90 Å². The third kappa shape index (κ3) is 3.74. The van der Waals surface area contributed by atoms with Crippen molar-refractivity contribution < 1.29 is 4.79 Å². The molecule has 2 aromatic heterocycles. The molecule has 0 atom stereocenters. The molecular formula is C19H14N4OS2. The molecule has 1 N–H and O–H groups in total. The van der Waals surface area contributed by atoms with E-state index in [9.17, 15) is 4.79 Å². The van der Waals surface area contributed by atoms with Crippen molar-refractivity contribution in [3.8, 4) is 10.6 Å². The molecule has 0 unspecified atom stereocenters. The Labute approximate surface area is 158 Å². The Bertz CT molecular complexity index is 1040. The molecule has 1 amide bonds. The number of para-hydroxylation sites is 1. The van der Waals surface area contributed by atoms with E-state index in [1.165, 1.54) is 23.1 Å². The van der Waals surface area contributed by atoms with Gasteiger partial charge < -0.3 is 0 Å². The molecular weight excluding hydrogens is 364 g/mol. The van der Waals surface area contributed by atoms with Gasteiger partial charge in [-0.2, -0.15) is 0 Å². The van der Waals surface area contributed by atoms with Crippen LogP contribution in [-0.4, -0.2) is 26.8 Å². The van der Waals surface area contributed by atoms with Crippen molar-refractivity contribution in [1.82, 2.24) is 15.2 Å². The predicted octanol–water partition coefficient (Wildman–Crippen LogP) is 4.48. The van der Waals surface area contributed by atoms with Gasteiger partial charge in [0.25, 0.3) is 0 Å². The van der Waals surface area contributed by atoms with Gasteiger partial charge in [0.15, 0.2) is 0 Å². The average Bonchev–Trinajstić information content (AvgIpc) is 3.15. The SMILES string of the molecule is O=C(CSc1cccc2cccnc12)Nc1nnc(-c2ccccc2)s1. The molecule has 0 aliphatic carbocycles. The number of aromatic nitrogens is 3. The summed E-state index contributed by atoms with van der Waals surface area (Å²) < 4.78 is 0. The number of carbonyl (C=O) groups excluding carboxylic acids is 1. The minimum Gasteiger partial charge on any atom is -0.300 e. The minimum absolute atomic E-state index is 0.112. The van der Waals surface area contributed by atoms with Crippen LogP contribution in [0.5, 0.6) is 0 Å². The van der Waals surface area contributed by atoms with Crippen molar-refractivity contribution in [2.75, 3.05) is 11.1 Å². The molecule has 4 aromatic rings. The summed E-state index contributed by atoms with van der Waals surface area (Å²) in [6, 6.07) is 19.7. The van der Waals surface area contributed by atoms with Crippen LogP contribution in [0.4, 0.5) is 5.13 Å². The molecule has 0 saturated heterocycles. The van der Waals surface area contributed by atoms with Gasteiger partial charge in [0.05, 0.1) is 11.3 Å². The second-order valence-electron chi connectivity index (χ2n) is 5.45. The molecule has 128 valence electrons. The summed E-state index contributed by atoms with van der Waals surface area (Å²) in [5.74, 6) is 0.175. The zero-order chi connectivity index (χ0) is 17.8. The van der Waals surface area contributed by atoms with E-state index in [0.29, 0.717) is 5.13 Å². The first kappa shape index (κ1) is 16.7. The lowest BCUT2D eigenvalue weighted by Crippen LogP contribution is -2.13. The quantitative estimate of drug-likeness (QED) is 0.519. The Morgan fingerprint density at radius 2 is 1.85 bits per heavy atom. The number of thioether (sulfide) groups is 1. The predicted molar refractivity (Wildman–Crippen MR) is 106 cm³/mol. The van der Waals surface area contributed by atoms with Gasteiger partial charge in [-0.3, -0.25) is 15.1 Å². The van der Waals surface area contributed by atoms with Crippen LogP contribution in [0.25, 0.3) is 21.5 Å². The van der Waals surface area contributed by atoms with Gasteiger partial charge in [-0.1, -0.05) is 59.9 Å². The first-order valence-corrected chi connectivity index (χ1v) is 9.75. The van der Waals surface area contributed by atoms with E-state index in [0.717, 1.165) is 26.4 Å². The molecule has 0 spiro atoms. The summed E-state index contributed by atoms with van der Waals surface area (Å²) in [5, 5.41) is 13.4. The summed E-state index contributed by atoms with van der Waals surface area (Å²) in [5.41, 5.74) is 1.90. The number of anilines is 1. The van der Waals surface area contributed by atoms with E-state index in [4.69, 9.17) is 0 Å². The van der Waals surface area contributed by atoms with E-state index in [-0.39, 0.29) is 11.7 Å². The molecule has 0 saturated carbocycles. The van der Waals surface area contributed by atoms with Crippen molar-refractivity contribution in [1.29, 1.82) is 0 Å². The Balaban J connectivity index is 1.41. The molecule has 4 rings (SSSR count).